The molecule has 1 N–H and O–H groups in total. The summed E-state index contributed by atoms with van der Waals surface area (Å²) in [5.41, 5.74) is 2.42. The Kier molecular flexibility index (Phi) is 7.61. The van der Waals surface area contributed by atoms with Crippen molar-refractivity contribution in [3.05, 3.63) is 99.8 Å². The number of likely N-dealkylation sites (N-methyl/N-ethyl adjacent to an activating group) is 1. The van der Waals surface area contributed by atoms with Crippen LogP contribution >= 0.6 is 11.6 Å². The molecule has 0 unspecified atom stereocenters. The van der Waals surface area contributed by atoms with Crippen molar-refractivity contribution in [1.29, 1.82) is 0 Å². The van der Waals surface area contributed by atoms with Crippen molar-refractivity contribution in [3.63, 3.8) is 0 Å². The number of anilines is 1. The highest BCUT2D eigenvalue weighted by molar-refractivity contribution is 6.30. The molecule has 0 fully saturated rings. The van der Waals surface area contributed by atoms with Gasteiger partial charge in [-0.2, -0.15) is 0 Å². The van der Waals surface area contributed by atoms with E-state index in [1.54, 1.807) is 36.4 Å². The second kappa shape index (κ2) is 10.4. The molecule has 0 saturated carbocycles. The molecule has 1 heterocycles. The van der Waals surface area contributed by atoms with Gasteiger partial charge in [-0.3, -0.25) is 14.6 Å². The van der Waals surface area contributed by atoms with Crippen molar-refractivity contribution in [2.24, 2.45) is 4.99 Å². The van der Waals surface area contributed by atoms with Crippen LogP contribution in [0.3, 0.4) is 0 Å². The number of rotatable bonds is 6. The van der Waals surface area contributed by atoms with Crippen LogP contribution in [0.25, 0.3) is 0 Å². The zero-order valence-electron chi connectivity index (χ0n) is 17.4. The summed E-state index contributed by atoms with van der Waals surface area (Å²) in [6.45, 7) is 1.65. The Balaban J connectivity index is 0.00000306. The van der Waals surface area contributed by atoms with Gasteiger partial charge in [0.2, 0.25) is 0 Å². The molecule has 7 heteroatoms. The molecule has 0 radical (unpaired) electrons. The van der Waals surface area contributed by atoms with Crippen molar-refractivity contribution in [2.45, 2.75) is 13.8 Å². The predicted molar refractivity (Wildman–Crippen MR) is 131 cm³/mol. The van der Waals surface area contributed by atoms with Gasteiger partial charge < -0.3 is 10.2 Å². The Hall–Kier alpha value is -3.51. The normalized spacial score (nSPS) is 12.7. The topological polar surface area (TPSA) is 61.8 Å². The minimum Gasteiger partial charge on any atom is -0.358 e. The molecular formula is C26H25ClFN3O2. The van der Waals surface area contributed by atoms with Crippen LogP contribution < -0.4 is 5.32 Å². The highest BCUT2D eigenvalue weighted by Crippen LogP contribution is 2.21. The zero-order chi connectivity index (χ0) is 22.7. The largest absolute Gasteiger partial charge is 0.358 e. The number of amidine groups is 1. The van der Waals surface area contributed by atoms with Crippen molar-refractivity contribution >= 4 is 34.8 Å². The number of carbonyl (C=O) groups is 2. The number of hydrogen-bond donors (Lipinski definition) is 1. The summed E-state index contributed by atoms with van der Waals surface area (Å²) >= 11 is 5.77. The van der Waals surface area contributed by atoms with Crippen LogP contribution in [0.5, 0.6) is 0 Å². The fourth-order valence-corrected chi connectivity index (χ4v) is 3.76. The summed E-state index contributed by atoms with van der Waals surface area (Å²) in [4.78, 5) is 32.2. The Bertz CT molecular complexity index is 1210. The maximum atomic E-state index is 14.1. The van der Waals surface area contributed by atoms with E-state index in [-0.39, 0.29) is 30.3 Å². The number of hydrogen-bond acceptors (Lipinski definition) is 4. The highest BCUT2D eigenvalue weighted by Gasteiger charge is 2.18. The van der Waals surface area contributed by atoms with E-state index in [0.717, 1.165) is 30.6 Å². The molecule has 1 aliphatic heterocycles. The summed E-state index contributed by atoms with van der Waals surface area (Å²) in [7, 11) is 1.99. The Labute approximate surface area is 197 Å². The number of nitrogens with one attached hydrogen (secondary N) is 1. The van der Waals surface area contributed by atoms with Gasteiger partial charge in [0.15, 0.2) is 5.78 Å². The fourth-order valence-electron chi connectivity index (χ4n) is 3.60. The van der Waals surface area contributed by atoms with Crippen LogP contribution in [0.4, 0.5) is 10.1 Å². The first kappa shape index (κ1) is 24.1. The predicted octanol–water partition coefficient (Wildman–Crippen LogP) is 5.48. The van der Waals surface area contributed by atoms with E-state index in [1.165, 1.54) is 12.1 Å². The van der Waals surface area contributed by atoms with Crippen LogP contribution in [0, 0.1) is 5.82 Å². The van der Waals surface area contributed by atoms with E-state index in [2.05, 4.69) is 15.2 Å². The van der Waals surface area contributed by atoms with Gasteiger partial charge in [-0.1, -0.05) is 61.5 Å². The van der Waals surface area contributed by atoms with Gasteiger partial charge in [0.1, 0.15) is 11.7 Å². The molecule has 0 atom stereocenters. The van der Waals surface area contributed by atoms with E-state index in [4.69, 9.17) is 11.6 Å². The highest BCUT2D eigenvalue weighted by atomic mass is 35.5. The molecule has 5 nitrogen and oxygen atoms in total. The van der Waals surface area contributed by atoms with Crippen molar-refractivity contribution in [3.8, 4) is 0 Å². The third-order valence-electron chi connectivity index (χ3n) is 5.32. The number of ketones is 1. The summed E-state index contributed by atoms with van der Waals surface area (Å²) in [6, 6.07) is 18.1. The monoisotopic (exact) mass is 465 g/mol. The lowest BCUT2D eigenvalue weighted by Crippen LogP contribution is -2.23. The van der Waals surface area contributed by atoms with E-state index >= 15 is 0 Å². The molecular weight excluding hydrogens is 441 g/mol. The van der Waals surface area contributed by atoms with E-state index in [0.29, 0.717) is 16.7 Å². The molecule has 170 valence electrons. The fraction of sp³-hybridized carbons (Fsp3) is 0.192. The zero-order valence-corrected chi connectivity index (χ0v) is 18.2. The first-order valence-corrected chi connectivity index (χ1v) is 10.5. The molecule has 0 saturated heterocycles. The number of halogens is 2. The third kappa shape index (κ3) is 5.46. The minimum atomic E-state index is -0.628. The molecule has 3 aromatic carbocycles. The Morgan fingerprint density at radius 3 is 2.48 bits per heavy atom. The second-order valence-corrected chi connectivity index (χ2v) is 7.98. The van der Waals surface area contributed by atoms with Crippen LogP contribution in [0.1, 0.15) is 39.3 Å². The van der Waals surface area contributed by atoms with Gasteiger partial charge in [-0.15, -0.1) is 0 Å². The van der Waals surface area contributed by atoms with E-state index < -0.39 is 11.7 Å². The lowest BCUT2D eigenvalue weighted by molar-refractivity contribution is 0.0992. The van der Waals surface area contributed by atoms with Crippen LogP contribution in [0.15, 0.2) is 71.7 Å². The van der Waals surface area contributed by atoms with Crippen molar-refractivity contribution < 1.29 is 14.0 Å². The minimum absolute atomic E-state index is 0. The summed E-state index contributed by atoms with van der Waals surface area (Å²) in [5, 5.41) is 2.79. The SMILES string of the molecule is C.CN1CCN=C1c1ccc(C(=O)Cc2ccccc2C(=O)Nc2ccc(Cl)cc2F)cc1. The second-order valence-electron chi connectivity index (χ2n) is 7.54. The first-order valence-electron chi connectivity index (χ1n) is 10.2. The third-order valence-corrected chi connectivity index (χ3v) is 5.55. The smallest absolute Gasteiger partial charge is 0.256 e. The summed E-state index contributed by atoms with van der Waals surface area (Å²) in [5.74, 6) is -0.319. The van der Waals surface area contributed by atoms with Gasteiger partial charge in [0, 0.05) is 41.7 Å². The number of amides is 1. The average Bonchev–Trinajstić information content (AvgIpc) is 3.22. The molecule has 4 rings (SSSR count). The first-order chi connectivity index (χ1) is 15.4. The molecule has 33 heavy (non-hydrogen) atoms. The maximum absolute atomic E-state index is 14.1. The van der Waals surface area contributed by atoms with Gasteiger partial charge in [-0.05, 0) is 29.8 Å². The number of carbonyl (C=O) groups excluding carboxylic acids is 2. The standard InChI is InChI=1S/C25H21ClFN3O2.CH4/c1-30-13-12-28-24(30)17-8-6-16(7-9-17)23(31)14-18-4-2-3-5-20(18)25(32)29-22-11-10-19(26)15-21(22)27;/h2-11,15H,12-14H2,1H3,(H,29,32);1H4. The average molecular weight is 466 g/mol. The molecule has 1 aliphatic rings. The van der Waals surface area contributed by atoms with Crippen molar-refractivity contribution in [2.75, 3.05) is 25.5 Å². The summed E-state index contributed by atoms with van der Waals surface area (Å²) in [6.07, 6.45) is 0.0485. The van der Waals surface area contributed by atoms with E-state index in [9.17, 15) is 14.0 Å². The number of benzene rings is 3. The van der Waals surface area contributed by atoms with Gasteiger partial charge in [-0.25, -0.2) is 4.39 Å². The summed E-state index contributed by atoms with van der Waals surface area (Å²) < 4.78 is 14.1. The maximum Gasteiger partial charge on any atom is 0.256 e. The quantitative estimate of drug-likeness (QED) is 0.490. The Morgan fingerprint density at radius 1 is 1.09 bits per heavy atom. The molecule has 0 bridgehead atoms. The van der Waals surface area contributed by atoms with Crippen LogP contribution in [0.2, 0.25) is 5.02 Å². The molecule has 1 amide bonds. The number of nitrogens with zero attached hydrogens (tertiary/aromatic N) is 2. The molecule has 0 spiro atoms. The van der Waals surface area contributed by atoms with E-state index in [1.807, 2.05) is 19.2 Å². The van der Waals surface area contributed by atoms with Gasteiger partial charge >= 0.3 is 0 Å². The number of Topliss-reactive ketones (excluding diaryl/α,β-unsaturated/α-hetero) is 1. The molecule has 0 aromatic heterocycles. The van der Waals surface area contributed by atoms with Gasteiger partial charge in [0.05, 0.1) is 12.2 Å². The van der Waals surface area contributed by atoms with Crippen molar-refractivity contribution in [1.82, 2.24) is 4.90 Å². The lowest BCUT2D eigenvalue weighted by atomic mass is 9.97. The van der Waals surface area contributed by atoms with Crippen LogP contribution in [-0.4, -0.2) is 42.6 Å². The Morgan fingerprint density at radius 2 is 1.82 bits per heavy atom. The number of aliphatic imine (C=N–C) groups is 1. The molecule has 0 aliphatic carbocycles. The lowest BCUT2D eigenvalue weighted by Gasteiger charge is -2.14. The van der Waals surface area contributed by atoms with Crippen LogP contribution in [-0.2, 0) is 6.42 Å². The van der Waals surface area contributed by atoms with Gasteiger partial charge in [0.25, 0.3) is 5.91 Å². The molecule has 3 aromatic rings.